The van der Waals surface area contributed by atoms with Crippen molar-refractivity contribution in [1.29, 1.82) is 0 Å². The third-order valence-electron chi connectivity index (χ3n) is 5.87. The van der Waals surface area contributed by atoms with Gasteiger partial charge in [0.25, 0.3) is 5.91 Å². The Morgan fingerprint density at radius 3 is 2.50 bits per heavy atom. The van der Waals surface area contributed by atoms with E-state index in [-0.39, 0.29) is 12.3 Å². The molecule has 0 aliphatic rings. The summed E-state index contributed by atoms with van der Waals surface area (Å²) in [4.78, 5) is 30.8. The van der Waals surface area contributed by atoms with E-state index in [2.05, 4.69) is 31.3 Å². The summed E-state index contributed by atoms with van der Waals surface area (Å²) in [5, 5.41) is 3.40. The monoisotopic (exact) mass is 446 g/mol. The average Bonchev–Trinajstić information content (AvgIpc) is 3.20. The molecule has 0 bridgehead atoms. The Morgan fingerprint density at radius 2 is 1.81 bits per heavy atom. The first-order valence-corrected chi connectivity index (χ1v) is 11.2. The van der Waals surface area contributed by atoms with Crippen LogP contribution in [0.4, 0.5) is 5.00 Å². The number of aryl methyl sites for hydroxylation is 4. The molecule has 32 heavy (non-hydrogen) atoms. The molecule has 1 aromatic carbocycles. The van der Waals surface area contributed by atoms with Crippen LogP contribution in [0.2, 0.25) is 0 Å². The summed E-state index contributed by atoms with van der Waals surface area (Å²) >= 11 is 1.36. The Balaban J connectivity index is 1.75. The van der Waals surface area contributed by atoms with E-state index in [4.69, 9.17) is 10.7 Å². The maximum absolute atomic E-state index is 13.1. The van der Waals surface area contributed by atoms with Gasteiger partial charge in [-0.25, -0.2) is 4.98 Å². The normalized spacial score (nSPS) is 11.2. The Hall–Kier alpha value is -3.45. The SMILES string of the molecule is Cc1ccn2c(CC(=O)Nc3sc(C)c(C)c3C(N)=O)c(-c3ccc(C)c(C)c3)nc2c1. The van der Waals surface area contributed by atoms with Crippen LogP contribution in [-0.4, -0.2) is 21.2 Å². The van der Waals surface area contributed by atoms with Crippen molar-refractivity contribution in [3.63, 3.8) is 0 Å². The van der Waals surface area contributed by atoms with Crippen LogP contribution in [0.25, 0.3) is 16.9 Å². The van der Waals surface area contributed by atoms with E-state index in [1.807, 2.05) is 49.6 Å². The first kappa shape index (κ1) is 21.8. The van der Waals surface area contributed by atoms with Crippen LogP contribution in [0.5, 0.6) is 0 Å². The van der Waals surface area contributed by atoms with Crippen LogP contribution in [0.1, 0.15) is 43.2 Å². The zero-order valence-electron chi connectivity index (χ0n) is 18.9. The van der Waals surface area contributed by atoms with Crippen molar-refractivity contribution >= 4 is 33.8 Å². The second-order valence-corrected chi connectivity index (χ2v) is 9.44. The number of nitrogens with two attached hydrogens (primary N) is 1. The van der Waals surface area contributed by atoms with E-state index in [1.54, 1.807) is 0 Å². The molecule has 0 aliphatic carbocycles. The molecule has 4 rings (SSSR count). The summed E-state index contributed by atoms with van der Waals surface area (Å²) in [6, 6.07) is 10.2. The number of fused-ring (bicyclic) bond motifs is 1. The molecule has 0 atom stereocenters. The van der Waals surface area contributed by atoms with Crippen LogP contribution in [0, 0.1) is 34.6 Å². The first-order chi connectivity index (χ1) is 15.2. The molecule has 6 nitrogen and oxygen atoms in total. The summed E-state index contributed by atoms with van der Waals surface area (Å²) in [5.74, 6) is -0.760. The lowest BCUT2D eigenvalue weighted by molar-refractivity contribution is -0.115. The number of primary amides is 1. The number of anilines is 1. The van der Waals surface area contributed by atoms with Gasteiger partial charge in [0.15, 0.2) is 0 Å². The maximum Gasteiger partial charge on any atom is 0.251 e. The van der Waals surface area contributed by atoms with Gasteiger partial charge in [0, 0.05) is 16.6 Å². The zero-order chi connectivity index (χ0) is 23.2. The number of rotatable bonds is 5. The quantitative estimate of drug-likeness (QED) is 0.458. The number of pyridine rings is 1. The van der Waals surface area contributed by atoms with Crippen molar-refractivity contribution < 1.29 is 9.59 Å². The third-order valence-corrected chi connectivity index (χ3v) is 7.00. The molecule has 0 spiro atoms. The lowest BCUT2D eigenvalue weighted by Crippen LogP contribution is -2.19. The van der Waals surface area contributed by atoms with Crippen LogP contribution in [0.15, 0.2) is 36.5 Å². The zero-order valence-corrected chi connectivity index (χ0v) is 19.7. The van der Waals surface area contributed by atoms with E-state index in [9.17, 15) is 9.59 Å². The number of benzene rings is 1. The largest absolute Gasteiger partial charge is 0.365 e. The second-order valence-electron chi connectivity index (χ2n) is 8.22. The highest BCUT2D eigenvalue weighted by Gasteiger charge is 2.22. The molecule has 0 fully saturated rings. The van der Waals surface area contributed by atoms with Crippen LogP contribution < -0.4 is 11.1 Å². The van der Waals surface area contributed by atoms with Gasteiger partial charge >= 0.3 is 0 Å². The topological polar surface area (TPSA) is 89.5 Å². The predicted molar refractivity (Wildman–Crippen MR) is 129 cm³/mol. The van der Waals surface area contributed by atoms with Gasteiger partial charge in [0.2, 0.25) is 5.91 Å². The molecular formula is C25H26N4O2S. The van der Waals surface area contributed by atoms with E-state index < -0.39 is 5.91 Å². The number of hydrogen-bond donors (Lipinski definition) is 2. The minimum atomic E-state index is -0.539. The van der Waals surface area contributed by atoms with Gasteiger partial charge in [-0.15, -0.1) is 11.3 Å². The fraction of sp³-hybridized carbons (Fsp3) is 0.240. The standard InChI is InChI=1S/C25H26N4O2S/c1-13-8-9-29-19(12-21(30)28-25-22(24(26)31)16(4)17(5)32-25)23(27-20(29)10-13)18-7-6-14(2)15(3)11-18/h6-11H,12H2,1-5H3,(H2,26,31)(H,28,30). The summed E-state index contributed by atoms with van der Waals surface area (Å²) in [7, 11) is 0. The van der Waals surface area contributed by atoms with Crippen molar-refractivity contribution in [2.75, 3.05) is 5.32 Å². The molecule has 3 N–H and O–H groups in total. The van der Waals surface area contributed by atoms with E-state index >= 15 is 0 Å². The lowest BCUT2D eigenvalue weighted by atomic mass is 10.0. The fourth-order valence-corrected chi connectivity index (χ4v) is 4.90. The smallest absolute Gasteiger partial charge is 0.251 e. The Labute approximate surface area is 191 Å². The van der Waals surface area contributed by atoms with Crippen molar-refractivity contribution in [2.45, 2.75) is 41.0 Å². The highest BCUT2D eigenvalue weighted by molar-refractivity contribution is 7.16. The molecule has 3 heterocycles. The number of hydrogen-bond acceptors (Lipinski definition) is 4. The molecule has 0 unspecified atom stereocenters. The van der Waals surface area contributed by atoms with E-state index in [1.165, 1.54) is 22.5 Å². The molecule has 0 saturated carbocycles. The van der Waals surface area contributed by atoms with Gasteiger partial charge < -0.3 is 15.5 Å². The predicted octanol–water partition coefficient (Wildman–Crippen LogP) is 4.89. The summed E-state index contributed by atoms with van der Waals surface area (Å²) in [6.45, 7) is 9.91. The Morgan fingerprint density at radius 1 is 1.06 bits per heavy atom. The highest BCUT2D eigenvalue weighted by Crippen LogP contribution is 2.33. The van der Waals surface area contributed by atoms with Gasteiger partial charge in [-0.2, -0.15) is 0 Å². The van der Waals surface area contributed by atoms with Crippen LogP contribution >= 0.6 is 11.3 Å². The number of imidazole rings is 1. The summed E-state index contributed by atoms with van der Waals surface area (Å²) < 4.78 is 1.96. The van der Waals surface area contributed by atoms with Crippen LogP contribution in [0.3, 0.4) is 0 Å². The van der Waals surface area contributed by atoms with Gasteiger partial charge in [-0.1, -0.05) is 12.1 Å². The molecule has 3 aromatic heterocycles. The molecule has 2 amide bonds. The van der Waals surface area contributed by atoms with Crippen molar-refractivity contribution in [1.82, 2.24) is 9.38 Å². The number of carbonyl (C=O) groups is 2. The summed E-state index contributed by atoms with van der Waals surface area (Å²) in [6.07, 6.45) is 2.06. The molecule has 0 saturated heterocycles. The van der Waals surface area contributed by atoms with Gasteiger partial charge in [0.1, 0.15) is 10.6 Å². The average molecular weight is 447 g/mol. The van der Waals surface area contributed by atoms with Crippen molar-refractivity contribution in [3.05, 3.63) is 74.9 Å². The number of thiophene rings is 1. The number of nitrogens with one attached hydrogen (secondary N) is 1. The summed E-state index contributed by atoms with van der Waals surface area (Å²) in [5.41, 5.74) is 13.6. The van der Waals surface area contributed by atoms with Crippen LogP contribution in [-0.2, 0) is 11.2 Å². The van der Waals surface area contributed by atoms with E-state index in [0.29, 0.717) is 10.6 Å². The lowest BCUT2D eigenvalue weighted by Gasteiger charge is -2.09. The Bertz CT molecular complexity index is 1380. The van der Waals surface area contributed by atoms with Crippen molar-refractivity contribution in [2.24, 2.45) is 5.73 Å². The highest BCUT2D eigenvalue weighted by atomic mass is 32.1. The maximum atomic E-state index is 13.1. The molecule has 4 aromatic rings. The molecular weight excluding hydrogens is 420 g/mol. The van der Waals surface area contributed by atoms with Gasteiger partial charge in [-0.05, 0) is 75.1 Å². The Kier molecular flexibility index (Phi) is 5.60. The van der Waals surface area contributed by atoms with E-state index in [0.717, 1.165) is 38.6 Å². The number of carbonyl (C=O) groups excluding carboxylic acids is 2. The fourth-order valence-electron chi connectivity index (χ4n) is 3.82. The molecule has 0 aliphatic heterocycles. The molecule has 164 valence electrons. The second kappa shape index (κ2) is 8.24. The minimum absolute atomic E-state index is 0.112. The number of nitrogens with zero attached hydrogens (tertiary/aromatic N) is 2. The molecule has 0 radical (unpaired) electrons. The number of aromatic nitrogens is 2. The van der Waals surface area contributed by atoms with Crippen molar-refractivity contribution in [3.8, 4) is 11.3 Å². The molecule has 7 heteroatoms. The first-order valence-electron chi connectivity index (χ1n) is 10.4. The van der Waals surface area contributed by atoms with Gasteiger partial charge in [-0.3, -0.25) is 9.59 Å². The minimum Gasteiger partial charge on any atom is -0.365 e. The number of amides is 2. The third kappa shape index (κ3) is 3.91. The van der Waals surface area contributed by atoms with Gasteiger partial charge in [0.05, 0.1) is 23.4 Å².